The number of benzene rings is 1. The van der Waals surface area contributed by atoms with Crippen molar-refractivity contribution in [2.75, 3.05) is 5.75 Å². The molecule has 0 spiro atoms. The smallest absolute Gasteiger partial charge is 0.309 e. The third kappa shape index (κ3) is 2.27. The maximum atomic E-state index is 12.4. The van der Waals surface area contributed by atoms with E-state index in [9.17, 15) is 13.5 Å². The second kappa shape index (κ2) is 4.71. The Hall–Kier alpha value is -1.07. The minimum Gasteiger partial charge on any atom is -0.392 e. The molecule has 21 heavy (non-hydrogen) atoms. The Balaban J connectivity index is 1.85. The van der Waals surface area contributed by atoms with Gasteiger partial charge in [-0.25, -0.2) is 0 Å². The van der Waals surface area contributed by atoms with E-state index in [2.05, 4.69) is 13.8 Å². The van der Waals surface area contributed by atoms with Crippen molar-refractivity contribution in [3.8, 4) is 5.75 Å². The Labute approximate surface area is 126 Å². The molecule has 0 saturated heterocycles. The third-order valence-electron chi connectivity index (χ3n) is 5.79. The van der Waals surface area contributed by atoms with E-state index in [1.807, 2.05) is 6.07 Å². The predicted molar refractivity (Wildman–Crippen MR) is 80.4 cm³/mol. The van der Waals surface area contributed by atoms with Crippen LogP contribution in [0.4, 0.5) is 0 Å². The summed E-state index contributed by atoms with van der Waals surface area (Å²) < 4.78 is 30.1. The zero-order valence-corrected chi connectivity index (χ0v) is 13.3. The zero-order chi connectivity index (χ0) is 15.3. The molecule has 2 fully saturated rings. The highest BCUT2D eigenvalue weighted by Crippen LogP contribution is 2.66. The van der Waals surface area contributed by atoms with Crippen LogP contribution >= 0.6 is 0 Å². The van der Waals surface area contributed by atoms with E-state index in [4.69, 9.17) is 4.18 Å². The Kier molecular flexibility index (Phi) is 3.33. The highest BCUT2D eigenvalue weighted by Gasteiger charge is 2.65. The average Bonchev–Trinajstić information content (AvgIpc) is 2.72. The van der Waals surface area contributed by atoms with Crippen molar-refractivity contribution in [2.45, 2.75) is 39.2 Å². The summed E-state index contributed by atoms with van der Waals surface area (Å²) in [6.07, 6.45) is 1.89. The molecule has 4 nitrogen and oxygen atoms in total. The van der Waals surface area contributed by atoms with Crippen LogP contribution in [-0.2, 0) is 10.1 Å². The van der Waals surface area contributed by atoms with E-state index in [0.717, 1.165) is 12.8 Å². The van der Waals surface area contributed by atoms with Gasteiger partial charge in [0, 0.05) is 5.41 Å². The van der Waals surface area contributed by atoms with Gasteiger partial charge in [-0.2, -0.15) is 8.42 Å². The van der Waals surface area contributed by atoms with E-state index in [1.165, 1.54) is 0 Å². The van der Waals surface area contributed by atoms with Crippen molar-refractivity contribution < 1.29 is 17.7 Å². The molecular weight excluding hydrogens is 288 g/mol. The molecule has 0 aromatic heterocycles. The monoisotopic (exact) mass is 310 g/mol. The molecule has 2 aliphatic carbocycles. The van der Waals surface area contributed by atoms with Crippen LogP contribution in [0.25, 0.3) is 0 Å². The minimum atomic E-state index is -3.73. The average molecular weight is 310 g/mol. The van der Waals surface area contributed by atoms with Crippen molar-refractivity contribution in [3.05, 3.63) is 30.3 Å². The van der Waals surface area contributed by atoms with Gasteiger partial charge in [-0.3, -0.25) is 0 Å². The van der Waals surface area contributed by atoms with Gasteiger partial charge in [0.25, 0.3) is 0 Å². The molecule has 3 rings (SSSR count). The van der Waals surface area contributed by atoms with Crippen molar-refractivity contribution in [1.82, 2.24) is 0 Å². The van der Waals surface area contributed by atoms with Gasteiger partial charge in [-0.05, 0) is 42.7 Å². The number of fused-ring (bicyclic) bond motifs is 2. The summed E-state index contributed by atoms with van der Waals surface area (Å²) in [7, 11) is -3.73. The van der Waals surface area contributed by atoms with Gasteiger partial charge in [-0.15, -0.1) is 0 Å². The van der Waals surface area contributed by atoms with Gasteiger partial charge in [0.15, 0.2) is 0 Å². The van der Waals surface area contributed by atoms with Crippen LogP contribution in [0.3, 0.4) is 0 Å². The summed E-state index contributed by atoms with van der Waals surface area (Å²) in [4.78, 5) is 0. The number of para-hydroxylation sites is 1. The van der Waals surface area contributed by atoms with Crippen LogP contribution in [0.2, 0.25) is 0 Å². The summed E-state index contributed by atoms with van der Waals surface area (Å²) >= 11 is 0. The van der Waals surface area contributed by atoms with Gasteiger partial charge < -0.3 is 9.29 Å². The number of hydrogen-bond donors (Lipinski definition) is 1. The van der Waals surface area contributed by atoms with Crippen molar-refractivity contribution in [1.29, 1.82) is 0 Å². The normalized spacial score (nSPS) is 34.0. The van der Waals surface area contributed by atoms with Gasteiger partial charge in [0.05, 0.1) is 11.9 Å². The molecule has 0 heterocycles. The molecule has 116 valence electrons. The van der Waals surface area contributed by atoms with Crippen LogP contribution in [0, 0.1) is 16.7 Å². The summed E-state index contributed by atoms with van der Waals surface area (Å²) in [5.74, 6) is 0.618. The number of aliphatic hydroxyl groups is 1. The van der Waals surface area contributed by atoms with Crippen LogP contribution in [0.1, 0.15) is 33.1 Å². The van der Waals surface area contributed by atoms with Crippen LogP contribution in [0.15, 0.2) is 30.3 Å². The van der Waals surface area contributed by atoms with Crippen molar-refractivity contribution >= 4 is 10.1 Å². The van der Waals surface area contributed by atoms with E-state index < -0.39 is 21.6 Å². The lowest BCUT2D eigenvalue weighted by atomic mass is 9.70. The first-order valence-electron chi connectivity index (χ1n) is 7.42. The van der Waals surface area contributed by atoms with Crippen LogP contribution in [-0.4, -0.2) is 25.4 Å². The molecule has 0 radical (unpaired) electrons. The predicted octanol–water partition coefficient (Wildman–Crippen LogP) is 2.58. The highest BCUT2D eigenvalue weighted by molar-refractivity contribution is 7.87. The molecule has 1 N–H and O–H groups in total. The molecule has 0 aliphatic heterocycles. The molecule has 3 atom stereocenters. The number of rotatable bonds is 4. The minimum absolute atomic E-state index is 0.112. The Morgan fingerprint density at radius 3 is 2.48 bits per heavy atom. The third-order valence-corrected chi connectivity index (χ3v) is 7.10. The van der Waals surface area contributed by atoms with Crippen LogP contribution < -0.4 is 4.18 Å². The maximum Gasteiger partial charge on any atom is 0.309 e. The molecule has 5 heteroatoms. The van der Waals surface area contributed by atoms with Gasteiger partial charge in [-0.1, -0.05) is 32.0 Å². The van der Waals surface area contributed by atoms with Gasteiger partial charge in [0.2, 0.25) is 0 Å². The van der Waals surface area contributed by atoms with Crippen LogP contribution in [0.5, 0.6) is 5.75 Å². The summed E-state index contributed by atoms with van der Waals surface area (Å²) in [6, 6.07) is 8.54. The van der Waals surface area contributed by atoms with Gasteiger partial charge >= 0.3 is 10.1 Å². The van der Waals surface area contributed by atoms with E-state index >= 15 is 0 Å². The molecule has 1 aromatic carbocycles. The largest absolute Gasteiger partial charge is 0.392 e. The second-order valence-corrected chi connectivity index (χ2v) is 8.53. The molecule has 0 unspecified atom stereocenters. The molecular formula is C16H22O4S. The topological polar surface area (TPSA) is 63.6 Å². The molecule has 1 aromatic rings. The molecule has 2 aliphatic rings. The fourth-order valence-electron chi connectivity index (χ4n) is 4.35. The fraction of sp³-hybridized carbons (Fsp3) is 0.625. The quantitative estimate of drug-likeness (QED) is 0.868. The maximum absolute atomic E-state index is 12.4. The van der Waals surface area contributed by atoms with E-state index in [1.54, 1.807) is 24.3 Å². The first-order valence-corrected chi connectivity index (χ1v) is 9.00. The Bertz CT molecular complexity index is 623. The van der Waals surface area contributed by atoms with E-state index in [0.29, 0.717) is 18.1 Å². The second-order valence-electron chi connectivity index (χ2n) is 6.96. The SMILES string of the molecule is CC1(C)[C@@H]2CC[C@@]1(CS(=O)(=O)Oc1ccccc1)[C@H](O)C2. The lowest BCUT2D eigenvalue weighted by molar-refractivity contribution is 0.0144. The lowest BCUT2D eigenvalue weighted by Crippen LogP contribution is -2.45. The first-order chi connectivity index (χ1) is 9.77. The highest BCUT2D eigenvalue weighted by atomic mass is 32.2. The zero-order valence-electron chi connectivity index (χ0n) is 12.5. The molecule has 2 bridgehead atoms. The number of aliphatic hydroxyl groups excluding tert-OH is 1. The molecule has 2 saturated carbocycles. The first kappa shape index (κ1) is 14.9. The van der Waals surface area contributed by atoms with E-state index in [-0.39, 0.29) is 11.2 Å². The summed E-state index contributed by atoms with van der Waals surface area (Å²) in [6.45, 7) is 4.16. The Morgan fingerprint density at radius 1 is 1.29 bits per heavy atom. The summed E-state index contributed by atoms with van der Waals surface area (Å²) in [5, 5.41) is 10.4. The number of hydrogen-bond acceptors (Lipinski definition) is 4. The standard InChI is InChI=1S/C16H22O4S/c1-15(2)12-8-9-16(15,14(17)10-12)11-21(18,19)20-13-6-4-3-5-7-13/h3-7,12,14,17H,8-11H2,1-2H3/t12-,14-,16-/m1/s1. The van der Waals surface area contributed by atoms with Crippen molar-refractivity contribution in [3.63, 3.8) is 0 Å². The summed E-state index contributed by atoms with van der Waals surface area (Å²) in [5.41, 5.74) is -0.745. The fourth-order valence-corrected chi connectivity index (χ4v) is 6.15. The molecule has 0 amide bonds. The Morgan fingerprint density at radius 2 is 1.95 bits per heavy atom. The lowest BCUT2D eigenvalue weighted by Gasteiger charge is -2.39. The van der Waals surface area contributed by atoms with Crippen molar-refractivity contribution in [2.24, 2.45) is 16.7 Å². The van der Waals surface area contributed by atoms with Gasteiger partial charge in [0.1, 0.15) is 5.75 Å².